The van der Waals surface area contributed by atoms with Crippen molar-refractivity contribution >= 4 is 22.8 Å². The number of hydrogen-bond donors (Lipinski definition) is 0. The molecule has 3 aromatic carbocycles. The highest BCUT2D eigenvalue weighted by Crippen LogP contribution is 2.28. The molecule has 1 heterocycles. The maximum absolute atomic E-state index is 12.9. The summed E-state index contributed by atoms with van der Waals surface area (Å²) < 4.78 is 17.0. The minimum atomic E-state index is -0.534. The average molecular weight is 515 g/mol. The molecule has 0 saturated carbocycles. The fourth-order valence-corrected chi connectivity index (χ4v) is 4.60. The third-order valence-corrected chi connectivity index (χ3v) is 6.43. The minimum Gasteiger partial charge on any atom is -0.489 e. The van der Waals surface area contributed by atoms with Crippen LogP contribution in [0.2, 0.25) is 0 Å². The number of hydrogen-bond acceptors (Lipinski definition) is 6. The van der Waals surface area contributed by atoms with Crippen molar-refractivity contribution < 1.29 is 23.8 Å². The Hall–Kier alpha value is -4.05. The molecule has 38 heavy (non-hydrogen) atoms. The van der Waals surface area contributed by atoms with Crippen LogP contribution in [0.4, 0.5) is 4.79 Å². The van der Waals surface area contributed by atoms with Crippen LogP contribution in [0.3, 0.4) is 0 Å². The summed E-state index contributed by atoms with van der Waals surface area (Å²) in [5.74, 6) is -0.0762. The van der Waals surface area contributed by atoms with E-state index in [1.54, 1.807) is 17.9 Å². The molecule has 3 aromatic rings. The molecule has 2 atom stereocenters. The molecule has 0 spiro atoms. The second-order valence-electron chi connectivity index (χ2n) is 10.5. The number of amides is 1. The van der Waals surface area contributed by atoms with Gasteiger partial charge in [-0.05, 0) is 80.3 Å². The summed E-state index contributed by atoms with van der Waals surface area (Å²) in [6.45, 7) is 8.71. The van der Waals surface area contributed by atoms with Crippen molar-refractivity contribution in [3.8, 4) is 11.8 Å². The first-order valence-corrected chi connectivity index (χ1v) is 13.0. The van der Waals surface area contributed by atoms with Gasteiger partial charge in [-0.3, -0.25) is 4.79 Å². The zero-order chi connectivity index (χ0) is 27.3. The lowest BCUT2D eigenvalue weighted by atomic mass is 9.91. The van der Waals surface area contributed by atoms with Crippen molar-refractivity contribution in [2.24, 2.45) is 0 Å². The SMILES string of the molecule is CCOC(=O)C(Cc1ccc2ccc(C#N)cc2c1)c1ccc(O[C@H]2CCN(C(=O)OC(C)(C)C)C2)cc1. The fraction of sp³-hybridized carbons (Fsp3) is 0.387. The number of nitrogens with zero attached hydrogens (tertiary/aromatic N) is 2. The number of likely N-dealkylation sites (tertiary alicyclic amines) is 1. The van der Waals surface area contributed by atoms with Crippen molar-refractivity contribution in [1.82, 2.24) is 4.90 Å². The van der Waals surface area contributed by atoms with E-state index in [1.165, 1.54) is 0 Å². The van der Waals surface area contributed by atoms with Crippen molar-refractivity contribution in [2.45, 2.75) is 58.2 Å². The Balaban J connectivity index is 1.45. The highest BCUT2D eigenvalue weighted by Gasteiger charge is 2.31. The summed E-state index contributed by atoms with van der Waals surface area (Å²) in [5, 5.41) is 11.2. The lowest BCUT2D eigenvalue weighted by molar-refractivity contribution is -0.144. The number of ether oxygens (including phenoxy) is 3. The molecule has 1 unspecified atom stereocenters. The molecule has 0 aromatic heterocycles. The van der Waals surface area contributed by atoms with Crippen LogP contribution < -0.4 is 4.74 Å². The average Bonchev–Trinajstić information content (AvgIpc) is 3.35. The first-order chi connectivity index (χ1) is 18.1. The summed E-state index contributed by atoms with van der Waals surface area (Å²) in [7, 11) is 0. The normalized spacial score (nSPS) is 16.1. The van der Waals surface area contributed by atoms with E-state index in [0.29, 0.717) is 37.4 Å². The van der Waals surface area contributed by atoms with Crippen molar-refractivity contribution in [3.05, 3.63) is 77.4 Å². The molecule has 0 N–H and O–H groups in total. The topological polar surface area (TPSA) is 88.9 Å². The second kappa shape index (κ2) is 11.6. The van der Waals surface area contributed by atoms with E-state index in [0.717, 1.165) is 28.3 Å². The molecule has 7 heteroatoms. The van der Waals surface area contributed by atoms with Gasteiger partial charge in [0.15, 0.2) is 0 Å². The zero-order valence-corrected chi connectivity index (χ0v) is 22.4. The summed E-state index contributed by atoms with van der Waals surface area (Å²) in [6.07, 6.45) is 0.750. The van der Waals surface area contributed by atoms with E-state index in [-0.39, 0.29) is 18.2 Å². The van der Waals surface area contributed by atoms with Crippen molar-refractivity contribution in [1.29, 1.82) is 5.26 Å². The van der Waals surface area contributed by atoms with Gasteiger partial charge < -0.3 is 19.1 Å². The van der Waals surface area contributed by atoms with Gasteiger partial charge in [-0.15, -0.1) is 0 Å². The monoisotopic (exact) mass is 514 g/mol. The van der Waals surface area contributed by atoms with Crippen LogP contribution in [0.15, 0.2) is 60.7 Å². The Morgan fingerprint density at radius 3 is 2.47 bits per heavy atom. The molecular formula is C31H34N2O5. The molecule has 0 aliphatic carbocycles. The predicted octanol–water partition coefficient (Wildman–Crippen LogP) is 5.99. The largest absolute Gasteiger partial charge is 0.489 e. The molecule has 1 amide bonds. The van der Waals surface area contributed by atoms with Crippen LogP contribution in [-0.4, -0.2) is 48.4 Å². The lowest BCUT2D eigenvalue weighted by Crippen LogP contribution is -2.36. The van der Waals surface area contributed by atoms with Gasteiger partial charge in [0.25, 0.3) is 0 Å². The summed E-state index contributed by atoms with van der Waals surface area (Å²) in [6, 6.07) is 21.3. The van der Waals surface area contributed by atoms with Gasteiger partial charge in [-0.2, -0.15) is 5.26 Å². The smallest absolute Gasteiger partial charge is 0.410 e. The van der Waals surface area contributed by atoms with Gasteiger partial charge in [-0.1, -0.05) is 36.4 Å². The maximum Gasteiger partial charge on any atom is 0.410 e. The van der Waals surface area contributed by atoms with Crippen LogP contribution in [0.25, 0.3) is 10.8 Å². The number of benzene rings is 3. The molecule has 1 aliphatic rings. The van der Waals surface area contributed by atoms with Gasteiger partial charge in [0, 0.05) is 13.0 Å². The predicted molar refractivity (Wildman–Crippen MR) is 145 cm³/mol. The number of esters is 1. The van der Waals surface area contributed by atoms with Gasteiger partial charge in [-0.25, -0.2) is 4.79 Å². The van der Waals surface area contributed by atoms with Crippen molar-refractivity contribution in [2.75, 3.05) is 19.7 Å². The van der Waals surface area contributed by atoms with E-state index in [2.05, 4.69) is 6.07 Å². The highest BCUT2D eigenvalue weighted by atomic mass is 16.6. The number of carbonyl (C=O) groups excluding carboxylic acids is 2. The molecular weight excluding hydrogens is 480 g/mol. The van der Waals surface area contributed by atoms with E-state index in [4.69, 9.17) is 14.2 Å². The van der Waals surface area contributed by atoms with Crippen LogP contribution in [-0.2, 0) is 20.7 Å². The first kappa shape index (κ1) is 27.0. The van der Waals surface area contributed by atoms with Crippen LogP contribution in [0, 0.1) is 11.3 Å². The molecule has 198 valence electrons. The molecule has 1 aliphatic heterocycles. The van der Waals surface area contributed by atoms with Gasteiger partial charge in [0.1, 0.15) is 17.5 Å². The summed E-state index contributed by atoms with van der Waals surface area (Å²) >= 11 is 0. The minimum absolute atomic E-state index is 0.120. The second-order valence-corrected chi connectivity index (χ2v) is 10.5. The quantitative estimate of drug-likeness (QED) is 0.360. The Morgan fingerprint density at radius 1 is 1.05 bits per heavy atom. The molecule has 0 radical (unpaired) electrons. The molecule has 0 bridgehead atoms. The first-order valence-electron chi connectivity index (χ1n) is 13.0. The van der Waals surface area contributed by atoms with E-state index in [1.807, 2.05) is 75.4 Å². The number of carbonyl (C=O) groups is 2. The molecule has 1 saturated heterocycles. The Bertz CT molecular complexity index is 1340. The third-order valence-electron chi connectivity index (χ3n) is 6.43. The number of nitriles is 1. The van der Waals surface area contributed by atoms with Gasteiger partial charge in [0.2, 0.25) is 0 Å². The standard InChI is InChI=1S/C31H34N2O5/c1-5-36-29(34)28(18-21-6-8-23-9-7-22(19-32)17-25(23)16-21)24-10-12-26(13-11-24)37-27-14-15-33(20-27)30(35)38-31(2,3)4/h6-13,16-17,27-28H,5,14-15,18,20H2,1-4H3/t27-,28?/m0/s1. The maximum atomic E-state index is 12.9. The number of fused-ring (bicyclic) bond motifs is 1. The number of rotatable bonds is 7. The Morgan fingerprint density at radius 2 is 1.79 bits per heavy atom. The summed E-state index contributed by atoms with van der Waals surface area (Å²) in [4.78, 5) is 26.9. The van der Waals surface area contributed by atoms with Crippen LogP contribution in [0.5, 0.6) is 5.75 Å². The summed E-state index contributed by atoms with van der Waals surface area (Å²) in [5.41, 5.74) is 1.89. The van der Waals surface area contributed by atoms with Gasteiger partial charge >= 0.3 is 12.1 Å². The molecule has 7 nitrogen and oxygen atoms in total. The third kappa shape index (κ3) is 6.83. The van der Waals surface area contributed by atoms with Crippen LogP contribution >= 0.6 is 0 Å². The fourth-order valence-electron chi connectivity index (χ4n) is 4.60. The molecule has 4 rings (SSSR count). The Kier molecular flexibility index (Phi) is 8.21. The zero-order valence-electron chi connectivity index (χ0n) is 22.4. The van der Waals surface area contributed by atoms with E-state index >= 15 is 0 Å². The lowest BCUT2D eigenvalue weighted by Gasteiger charge is -2.24. The molecule has 1 fully saturated rings. The van der Waals surface area contributed by atoms with E-state index in [9.17, 15) is 14.9 Å². The highest BCUT2D eigenvalue weighted by molar-refractivity contribution is 5.85. The Labute approximate surface area is 223 Å². The van der Waals surface area contributed by atoms with Crippen LogP contribution in [0.1, 0.15) is 56.7 Å². The van der Waals surface area contributed by atoms with Gasteiger partial charge in [0.05, 0.1) is 30.7 Å². The van der Waals surface area contributed by atoms with E-state index < -0.39 is 11.5 Å². The van der Waals surface area contributed by atoms with Crippen molar-refractivity contribution in [3.63, 3.8) is 0 Å².